The van der Waals surface area contributed by atoms with Gasteiger partial charge in [0.05, 0.1) is 13.2 Å². The van der Waals surface area contributed by atoms with E-state index in [0.717, 1.165) is 32.7 Å². The molecule has 2 heterocycles. The SMILES string of the molecule is CC(C)(C)OC(=O)N1CCN(c2ccc3c(c2)CCOC3)CC1. The van der Waals surface area contributed by atoms with Gasteiger partial charge in [0.2, 0.25) is 0 Å². The van der Waals surface area contributed by atoms with Crippen LogP contribution in [0.2, 0.25) is 0 Å². The molecule has 0 atom stereocenters. The Morgan fingerprint density at radius 1 is 1.13 bits per heavy atom. The van der Waals surface area contributed by atoms with Gasteiger partial charge >= 0.3 is 6.09 Å². The zero-order chi connectivity index (χ0) is 16.4. The highest BCUT2D eigenvalue weighted by Gasteiger charge is 2.26. The number of amides is 1. The van der Waals surface area contributed by atoms with Crippen molar-refractivity contribution in [1.29, 1.82) is 0 Å². The van der Waals surface area contributed by atoms with E-state index in [-0.39, 0.29) is 6.09 Å². The minimum absolute atomic E-state index is 0.209. The molecule has 0 N–H and O–H groups in total. The number of carbonyl (C=O) groups excluding carboxylic acids is 1. The van der Waals surface area contributed by atoms with Gasteiger partial charge in [-0.15, -0.1) is 0 Å². The summed E-state index contributed by atoms with van der Waals surface area (Å²) < 4.78 is 10.9. The Hall–Kier alpha value is -1.75. The number of ether oxygens (including phenoxy) is 2. The molecule has 3 rings (SSSR count). The van der Waals surface area contributed by atoms with E-state index < -0.39 is 5.60 Å². The molecule has 1 fully saturated rings. The van der Waals surface area contributed by atoms with Crippen molar-refractivity contribution in [3.63, 3.8) is 0 Å². The summed E-state index contributed by atoms with van der Waals surface area (Å²) in [4.78, 5) is 16.3. The lowest BCUT2D eigenvalue weighted by Gasteiger charge is -2.37. The molecule has 2 aliphatic heterocycles. The molecule has 5 heteroatoms. The molecule has 0 bridgehead atoms. The minimum Gasteiger partial charge on any atom is -0.444 e. The highest BCUT2D eigenvalue weighted by atomic mass is 16.6. The minimum atomic E-state index is -0.436. The van der Waals surface area contributed by atoms with Gasteiger partial charge in [-0.3, -0.25) is 0 Å². The molecule has 126 valence electrons. The van der Waals surface area contributed by atoms with Crippen molar-refractivity contribution in [2.45, 2.75) is 39.4 Å². The van der Waals surface area contributed by atoms with Gasteiger partial charge in [-0.25, -0.2) is 4.79 Å². The van der Waals surface area contributed by atoms with Crippen LogP contribution in [0.5, 0.6) is 0 Å². The van der Waals surface area contributed by atoms with E-state index >= 15 is 0 Å². The normalized spacial score (nSPS) is 18.6. The summed E-state index contributed by atoms with van der Waals surface area (Å²) in [6, 6.07) is 6.61. The number of hydrogen-bond donors (Lipinski definition) is 0. The molecular weight excluding hydrogens is 292 g/mol. The maximum atomic E-state index is 12.1. The van der Waals surface area contributed by atoms with Crippen LogP contribution in [0.25, 0.3) is 0 Å². The van der Waals surface area contributed by atoms with Crippen LogP contribution in [0.3, 0.4) is 0 Å². The van der Waals surface area contributed by atoms with Crippen LogP contribution in [-0.2, 0) is 22.5 Å². The Bertz CT molecular complexity index is 572. The summed E-state index contributed by atoms with van der Waals surface area (Å²) >= 11 is 0. The number of fused-ring (bicyclic) bond motifs is 1. The number of nitrogens with zero attached hydrogens (tertiary/aromatic N) is 2. The maximum absolute atomic E-state index is 12.1. The average Bonchev–Trinajstić information content (AvgIpc) is 2.53. The molecule has 0 spiro atoms. The molecule has 0 aromatic heterocycles. The summed E-state index contributed by atoms with van der Waals surface area (Å²) in [5.41, 5.74) is 3.50. The summed E-state index contributed by atoms with van der Waals surface area (Å²) in [5, 5.41) is 0. The largest absolute Gasteiger partial charge is 0.444 e. The van der Waals surface area contributed by atoms with Crippen molar-refractivity contribution in [3.8, 4) is 0 Å². The Morgan fingerprint density at radius 3 is 2.57 bits per heavy atom. The number of rotatable bonds is 1. The van der Waals surface area contributed by atoms with Crippen molar-refractivity contribution in [3.05, 3.63) is 29.3 Å². The van der Waals surface area contributed by atoms with Crippen LogP contribution in [-0.4, -0.2) is 49.4 Å². The molecule has 23 heavy (non-hydrogen) atoms. The van der Waals surface area contributed by atoms with Crippen molar-refractivity contribution >= 4 is 11.8 Å². The van der Waals surface area contributed by atoms with Gasteiger partial charge < -0.3 is 19.3 Å². The molecule has 1 amide bonds. The molecule has 0 aliphatic carbocycles. The quantitative estimate of drug-likeness (QED) is 0.798. The molecule has 0 radical (unpaired) electrons. The lowest BCUT2D eigenvalue weighted by atomic mass is 10.0. The third-order valence-electron chi connectivity index (χ3n) is 4.26. The molecule has 1 saturated heterocycles. The van der Waals surface area contributed by atoms with E-state index in [9.17, 15) is 4.79 Å². The smallest absolute Gasteiger partial charge is 0.410 e. The number of benzene rings is 1. The summed E-state index contributed by atoms with van der Waals surface area (Å²) in [6.45, 7) is 10.3. The monoisotopic (exact) mass is 318 g/mol. The number of carbonyl (C=O) groups is 1. The van der Waals surface area contributed by atoms with Crippen molar-refractivity contribution in [2.24, 2.45) is 0 Å². The van der Waals surface area contributed by atoms with Crippen LogP contribution in [0.4, 0.5) is 10.5 Å². The van der Waals surface area contributed by atoms with E-state index in [1.54, 1.807) is 4.90 Å². The fourth-order valence-corrected chi connectivity index (χ4v) is 3.02. The molecule has 1 aromatic carbocycles. The molecule has 0 saturated carbocycles. The average molecular weight is 318 g/mol. The van der Waals surface area contributed by atoms with Gasteiger partial charge in [-0.05, 0) is 50.5 Å². The third-order valence-corrected chi connectivity index (χ3v) is 4.26. The fourth-order valence-electron chi connectivity index (χ4n) is 3.02. The van der Waals surface area contributed by atoms with Crippen LogP contribution in [0, 0.1) is 0 Å². The first-order valence-corrected chi connectivity index (χ1v) is 8.35. The second kappa shape index (κ2) is 6.40. The van der Waals surface area contributed by atoms with Crippen molar-refractivity contribution in [2.75, 3.05) is 37.7 Å². The molecule has 0 unspecified atom stereocenters. The van der Waals surface area contributed by atoms with Crippen LogP contribution in [0.1, 0.15) is 31.9 Å². The first kappa shape index (κ1) is 16.1. The summed E-state index contributed by atoms with van der Waals surface area (Å²) in [5.74, 6) is 0. The first-order valence-electron chi connectivity index (χ1n) is 8.35. The standard InChI is InChI=1S/C18H26N2O3/c1-18(2,3)23-17(21)20-9-7-19(8-10-20)16-5-4-15-13-22-11-6-14(15)12-16/h4-5,12H,6-11,13H2,1-3H3. The van der Waals surface area contributed by atoms with Gasteiger partial charge in [-0.1, -0.05) is 6.07 Å². The van der Waals surface area contributed by atoms with Crippen molar-refractivity contribution < 1.29 is 14.3 Å². The Morgan fingerprint density at radius 2 is 1.87 bits per heavy atom. The summed E-state index contributed by atoms with van der Waals surface area (Å²) in [6.07, 6.45) is 0.779. The van der Waals surface area contributed by atoms with E-state index in [4.69, 9.17) is 9.47 Å². The number of piperazine rings is 1. The highest BCUT2D eigenvalue weighted by Crippen LogP contribution is 2.24. The van der Waals surface area contributed by atoms with Crippen molar-refractivity contribution in [1.82, 2.24) is 4.90 Å². The van der Waals surface area contributed by atoms with E-state index in [1.165, 1.54) is 16.8 Å². The van der Waals surface area contributed by atoms with Gasteiger partial charge in [0.15, 0.2) is 0 Å². The summed E-state index contributed by atoms with van der Waals surface area (Å²) in [7, 11) is 0. The molecule has 1 aromatic rings. The Kier molecular flexibility index (Phi) is 4.48. The fraction of sp³-hybridized carbons (Fsp3) is 0.611. The second-order valence-corrected chi connectivity index (χ2v) is 7.21. The second-order valence-electron chi connectivity index (χ2n) is 7.21. The number of hydrogen-bond acceptors (Lipinski definition) is 4. The molecule has 5 nitrogen and oxygen atoms in total. The predicted octanol–water partition coefficient (Wildman–Crippen LogP) is 2.82. The van der Waals surface area contributed by atoms with Gasteiger partial charge in [0, 0.05) is 31.9 Å². The first-order chi connectivity index (χ1) is 10.9. The molecular formula is C18H26N2O3. The Labute approximate surface area is 138 Å². The highest BCUT2D eigenvalue weighted by molar-refractivity contribution is 5.68. The Balaban J connectivity index is 1.60. The zero-order valence-corrected chi connectivity index (χ0v) is 14.3. The topological polar surface area (TPSA) is 42.0 Å². The molecule has 2 aliphatic rings. The number of anilines is 1. The van der Waals surface area contributed by atoms with E-state index in [1.807, 2.05) is 20.8 Å². The lowest BCUT2D eigenvalue weighted by molar-refractivity contribution is 0.0240. The van der Waals surface area contributed by atoms with Crippen LogP contribution >= 0.6 is 0 Å². The predicted molar refractivity (Wildman–Crippen MR) is 89.8 cm³/mol. The van der Waals surface area contributed by atoms with Gasteiger partial charge in [0.1, 0.15) is 5.60 Å². The van der Waals surface area contributed by atoms with Gasteiger partial charge in [0.25, 0.3) is 0 Å². The van der Waals surface area contributed by atoms with Crippen LogP contribution < -0.4 is 4.90 Å². The third kappa shape index (κ3) is 3.96. The van der Waals surface area contributed by atoms with Gasteiger partial charge in [-0.2, -0.15) is 0 Å². The van der Waals surface area contributed by atoms with E-state index in [0.29, 0.717) is 13.1 Å². The lowest BCUT2D eigenvalue weighted by Crippen LogP contribution is -2.50. The zero-order valence-electron chi connectivity index (χ0n) is 14.3. The maximum Gasteiger partial charge on any atom is 0.410 e. The van der Waals surface area contributed by atoms with Crippen LogP contribution in [0.15, 0.2) is 18.2 Å². The van der Waals surface area contributed by atoms with E-state index in [2.05, 4.69) is 23.1 Å².